The highest BCUT2D eigenvalue weighted by Gasteiger charge is 2.20. The van der Waals surface area contributed by atoms with Gasteiger partial charge in [0.1, 0.15) is 11.5 Å². The van der Waals surface area contributed by atoms with Crippen molar-refractivity contribution < 1.29 is 9.84 Å². The average Bonchev–Trinajstić information content (AvgIpc) is 2.45. The summed E-state index contributed by atoms with van der Waals surface area (Å²) in [5.41, 5.74) is 6.68. The molecule has 7 heteroatoms. The molecule has 1 aliphatic heterocycles. The number of aliphatic hydroxyl groups is 1. The third-order valence-electron chi connectivity index (χ3n) is 2.84. The minimum Gasteiger partial charge on any atom is -0.500 e. The van der Waals surface area contributed by atoms with Crippen molar-refractivity contribution in [2.75, 3.05) is 13.7 Å². The molecule has 0 aromatic carbocycles. The van der Waals surface area contributed by atoms with E-state index in [2.05, 4.69) is 26.9 Å². The minimum absolute atomic E-state index is 0.0487. The molecule has 1 rings (SSSR count). The van der Waals surface area contributed by atoms with E-state index in [-0.39, 0.29) is 18.6 Å². The van der Waals surface area contributed by atoms with Gasteiger partial charge in [-0.15, -0.1) is 0 Å². The second-order valence-electron chi connectivity index (χ2n) is 4.60. The number of hydrogen-bond donors (Lipinski definition) is 3. The van der Waals surface area contributed by atoms with E-state index in [1.165, 1.54) is 0 Å². The van der Waals surface area contributed by atoms with Crippen LogP contribution in [0.1, 0.15) is 26.7 Å². The van der Waals surface area contributed by atoms with Crippen molar-refractivity contribution >= 4 is 17.5 Å². The van der Waals surface area contributed by atoms with Crippen LogP contribution in [0.15, 0.2) is 39.2 Å². The van der Waals surface area contributed by atoms with Gasteiger partial charge in [0, 0.05) is 0 Å². The van der Waals surface area contributed by atoms with Crippen LogP contribution in [0.5, 0.6) is 0 Å². The molecule has 1 aliphatic rings. The summed E-state index contributed by atoms with van der Waals surface area (Å²) in [6.45, 7) is 7.63. The number of aliphatic imine (C=N–C) groups is 3. The Kier molecular flexibility index (Phi) is 6.61. The first kappa shape index (κ1) is 16.9. The Morgan fingerprint density at radius 2 is 2.33 bits per heavy atom. The summed E-state index contributed by atoms with van der Waals surface area (Å²) in [6.07, 6.45) is 3.23. The van der Waals surface area contributed by atoms with Crippen molar-refractivity contribution in [2.45, 2.75) is 32.7 Å². The lowest BCUT2D eigenvalue weighted by Gasteiger charge is -2.18. The maximum Gasteiger partial charge on any atom is 0.199 e. The highest BCUT2D eigenvalue weighted by atomic mass is 16.5. The van der Waals surface area contributed by atoms with Gasteiger partial charge in [-0.25, -0.2) is 4.99 Å². The Morgan fingerprint density at radius 1 is 1.62 bits per heavy atom. The average molecular weight is 293 g/mol. The van der Waals surface area contributed by atoms with Gasteiger partial charge in [-0.3, -0.25) is 4.99 Å². The number of nitrogens with two attached hydrogens (primary N) is 1. The molecule has 0 saturated carbocycles. The molecule has 0 aromatic rings. The van der Waals surface area contributed by atoms with E-state index in [0.717, 1.165) is 12.8 Å². The van der Waals surface area contributed by atoms with Crippen LogP contribution < -0.4 is 11.1 Å². The van der Waals surface area contributed by atoms with Crippen molar-refractivity contribution in [1.82, 2.24) is 5.32 Å². The van der Waals surface area contributed by atoms with Gasteiger partial charge >= 0.3 is 0 Å². The maximum absolute atomic E-state index is 9.37. The number of guanidine groups is 1. The predicted octanol–water partition coefficient (Wildman–Crippen LogP) is 0.926. The van der Waals surface area contributed by atoms with Gasteiger partial charge in [-0.2, -0.15) is 4.99 Å². The Labute approximate surface area is 125 Å². The fourth-order valence-corrected chi connectivity index (χ4v) is 1.68. The van der Waals surface area contributed by atoms with E-state index in [1.54, 1.807) is 20.2 Å². The fourth-order valence-electron chi connectivity index (χ4n) is 1.68. The molecule has 0 fully saturated rings. The first-order valence-corrected chi connectivity index (χ1v) is 6.79. The first-order valence-electron chi connectivity index (χ1n) is 6.79. The third-order valence-corrected chi connectivity index (χ3v) is 2.84. The monoisotopic (exact) mass is 293 g/mol. The Hall–Kier alpha value is -2.15. The highest BCUT2D eigenvalue weighted by molar-refractivity contribution is 6.50. The number of allylic oxidation sites excluding steroid dienone is 1. The SMILES string of the molecule is C=C1NC(N)=NC(=N[C@H](CO)CCC)C1=N/C=C(\C)OC. The molecular weight excluding hydrogens is 270 g/mol. The summed E-state index contributed by atoms with van der Waals surface area (Å²) < 4.78 is 5.04. The van der Waals surface area contributed by atoms with Crippen LogP contribution in [0.25, 0.3) is 0 Å². The number of nitrogens with zero attached hydrogens (tertiary/aromatic N) is 3. The normalized spacial score (nSPS) is 21.2. The van der Waals surface area contributed by atoms with E-state index in [4.69, 9.17) is 10.5 Å². The van der Waals surface area contributed by atoms with Crippen molar-refractivity contribution in [3.63, 3.8) is 0 Å². The molecule has 21 heavy (non-hydrogen) atoms. The van der Waals surface area contributed by atoms with Crippen LogP contribution in [-0.4, -0.2) is 42.4 Å². The molecular formula is C14H23N5O2. The number of methoxy groups -OCH3 is 1. The second-order valence-corrected chi connectivity index (χ2v) is 4.60. The van der Waals surface area contributed by atoms with Gasteiger partial charge in [-0.1, -0.05) is 19.9 Å². The fraction of sp³-hybridized carbons (Fsp3) is 0.500. The summed E-state index contributed by atoms with van der Waals surface area (Å²) in [6, 6.07) is -0.231. The van der Waals surface area contributed by atoms with Crippen molar-refractivity contribution in [1.29, 1.82) is 0 Å². The van der Waals surface area contributed by atoms with Gasteiger partial charge in [-0.05, 0) is 13.3 Å². The topological polar surface area (TPSA) is 105 Å². The number of hydrogen-bond acceptors (Lipinski definition) is 6. The molecule has 0 aliphatic carbocycles. The van der Waals surface area contributed by atoms with Crippen LogP contribution in [-0.2, 0) is 4.74 Å². The zero-order chi connectivity index (χ0) is 15.8. The summed E-state index contributed by atoms with van der Waals surface area (Å²) in [5, 5.41) is 12.2. The molecule has 4 N–H and O–H groups in total. The molecule has 0 amide bonds. The quantitative estimate of drug-likeness (QED) is 0.633. The summed E-state index contributed by atoms with van der Waals surface area (Å²) in [5.74, 6) is 1.21. The summed E-state index contributed by atoms with van der Waals surface area (Å²) in [4.78, 5) is 12.9. The molecule has 0 radical (unpaired) electrons. The lowest BCUT2D eigenvalue weighted by molar-refractivity contribution is 0.260. The molecule has 116 valence electrons. The molecule has 0 unspecified atom stereocenters. The van der Waals surface area contributed by atoms with Crippen LogP contribution in [0.4, 0.5) is 0 Å². The van der Waals surface area contributed by atoms with Crippen molar-refractivity contribution in [2.24, 2.45) is 20.7 Å². The Morgan fingerprint density at radius 3 is 2.90 bits per heavy atom. The van der Waals surface area contributed by atoms with Crippen molar-refractivity contribution in [3.8, 4) is 0 Å². The van der Waals surface area contributed by atoms with E-state index < -0.39 is 0 Å². The van der Waals surface area contributed by atoms with E-state index >= 15 is 0 Å². The molecule has 0 spiro atoms. The number of aliphatic hydroxyl groups excluding tert-OH is 1. The zero-order valence-electron chi connectivity index (χ0n) is 12.8. The van der Waals surface area contributed by atoms with Gasteiger partial charge in [0.05, 0.1) is 31.7 Å². The molecule has 0 aromatic heterocycles. The van der Waals surface area contributed by atoms with Gasteiger partial charge in [0.2, 0.25) is 0 Å². The molecule has 0 saturated heterocycles. The van der Waals surface area contributed by atoms with Crippen LogP contribution in [0, 0.1) is 0 Å². The largest absolute Gasteiger partial charge is 0.500 e. The molecule has 1 heterocycles. The highest BCUT2D eigenvalue weighted by Crippen LogP contribution is 2.09. The van der Waals surface area contributed by atoms with Crippen LogP contribution >= 0.6 is 0 Å². The van der Waals surface area contributed by atoms with Gasteiger partial charge < -0.3 is 20.9 Å². The van der Waals surface area contributed by atoms with Crippen molar-refractivity contribution in [3.05, 3.63) is 24.2 Å². The second kappa shape index (κ2) is 8.21. The predicted molar refractivity (Wildman–Crippen MR) is 85.3 cm³/mol. The number of rotatable bonds is 6. The molecule has 0 bridgehead atoms. The van der Waals surface area contributed by atoms with E-state index in [1.807, 2.05) is 6.92 Å². The third kappa shape index (κ3) is 5.03. The zero-order valence-corrected chi connectivity index (χ0v) is 12.8. The molecule has 1 atom stereocenters. The Bertz CT molecular complexity index is 505. The Balaban J connectivity index is 3.17. The van der Waals surface area contributed by atoms with Gasteiger partial charge in [0.15, 0.2) is 11.8 Å². The smallest absolute Gasteiger partial charge is 0.199 e. The van der Waals surface area contributed by atoms with E-state index in [9.17, 15) is 5.11 Å². The number of amidine groups is 1. The molecule has 7 nitrogen and oxygen atoms in total. The lowest BCUT2D eigenvalue weighted by atomic mass is 10.1. The number of nitrogens with one attached hydrogen (secondary N) is 1. The van der Waals surface area contributed by atoms with Crippen LogP contribution in [0.3, 0.4) is 0 Å². The summed E-state index contributed by atoms with van der Waals surface area (Å²) in [7, 11) is 1.56. The van der Waals surface area contributed by atoms with E-state index in [0.29, 0.717) is 23.0 Å². The van der Waals surface area contributed by atoms with Gasteiger partial charge in [0.25, 0.3) is 0 Å². The maximum atomic E-state index is 9.37. The summed E-state index contributed by atoms with van der Waals surface area (Å²) >= 11 is 0. The standard InChI is InChI=1S/C14H23N5O2/c1-5-6-11(8-20)18-13-12(16-7-9(2)21-4)10(3)17-14(15)19-13/h7,11,20H,3,5-6,8H2,1-2,4H3,(H3,15,17,18,19)/b9-7+,16-12?/t11-/m0/s1. The first-order chi connectivity index (χ1) is 10.0. The lowest BCUT2D eigenvalue weighted by Crippen LogP contribution is -2.41. The van der Waals surface area contributed by atoms with Crippen LogP contribution in [0.2, 0.25) is 0 Å². The number of ether oxygens (including phenoxy) is 1. The minimum atomic E-state index is -0.231.